The highest BCUT2D eigenvalue weighted by Gasteiger charge is 2.16. The van der Waals surface area contributed by atoms with E-state index in [9.17, 15) is 4.79 Å². The van der Waals surface area contributed by atoms with E-state index in [1.807, 2.05) is 31.2 Å². The topological polar surface area (TPSA) is 57.8 Å². The lowest BCUT2D eigenvalue weighted by Crippen LogP contribution is -2.35. The predicted octanol–water partition coefficient (Wildman–Crippen LogP) is 1.84. The van der Waals surface area contributed by atoms with E-state index in [0.717, 1.165) is 16.6 Å². The van der Waals surface area contributed by atoms with Gasteiger partial charge in [0.2, 0.25) is 0 Å². The number of aromatic amines is 1. The van der Waals surface area contributed by atoms with Gasteiger partial charge in [0, 0.05) is 17.5 Å². The van der Waals surface area contributed by atoms with Crippen LogP contribution in [0.5, 0.6) is 0 Å². The van der Waals surface area contributed by atoms with Crippen LogP contribution >= 0.6 is 0 Å². The number of aromatic nitrogens is 2. The minimum Gasteiger partial charge on any atom is -0.310 e. The van der Waals surface area contributed by atoms with Crippen LogP contribution in [-0.4, -0.2) is 29.1 Å². The fourth-order valence-corrected chi connectivity index (χ4v) is 2.00. The number of benzene rings is 1. The molecule has 0 aliphatic carbocycles. The normalized spacial score (nSPS) is 13.2. The third kappa shape index (κ3) is 2.49. The molecule has 94 valence electrons. The molecule has 4 nitrogen and oxygen atoms in total. The van der Waals surface area contributed by atoms with Gasteiger partial charge in [-0.25, -0.2) is 0 Å². The van der Waals surface area contributed by atoms with E-state index in [2.05, 4.69) is 15.5 Å². The maximum atomic E-state index is 11.9. The Hall–Kier alpha value is -1.94. The molecule has 2 N–H and O–H groups in total. The maximum absolute atomic E-state index is 11.9. The Labute approximate surface area is 106 Å². The van der Waals surface area contributed by atoms with Crippen molar-refractivity contribution in [3.63, 3.8) is 0 Å². The van der Waals surface area contributed by atoms with E-state index < -0.39 is 0 Å². The third-order valence-corrected chi connectivity index (χ3v) is 2.97. The summed E-state index contributed by atoms with van der Waals surface area (Å²) < 4.78 is 0. The molecule has 0 fully saturated rings. The summed E-state index contributed by atoms with van der Waals surface area (Å²) in [7, 11) is 1.80. The van der Waals surface area contributed by atoms with E-state index in [1.54, 1.807) is 19.2 Å². The number of carbonyl (C=O) groups excluding carboxylic acids is 1. The number of fused-ring (bicyclic) bond motifs is 1. The van der Waals surface area contributed by atoms with Gasteiger partial charge in [-0.15, -0.1) is 0 Å². The molecular formula is C14H17N3O. The fourth-order valence-electron chi connectivity index (χ4n) is 2.00. The number of ketones is 1. The molecule has 0 spiro atoms. The van der Waals surface area contributed by atoms with Crippen LogP contribution in [0.1, 0.15) is 12.6 Å². The number of allylic oxidation sites excluding steroid dienone is 1. The summed E-state index contributed by atoms with van der Waals surface area (Å²) in [6.45, 7) is 1.84. The first-order valence-corrected chi connectivity index (χ1v) is 6.02. The molecule has 0 aliphatic heterocycles. The molecule has 0 saturated heterocycles. The van der Waals surface area contributed by atoms with E-state index in [0.29, 0.717) is 6.42 Å². The summed E-state index contributed by atoms with van der Waals surface area (Å²) in [6.07, 6.45) is 3.97. The largest absolute Gasteiger partial charge is 0.310 e. The predicted molar refractivity (Wildman–Crippen MR) is 72.5 cm³/mol. The molecule has 1 heterocycles. The minimum atomic E-state index is -0.218. The van der Waals surface area contributed by atoms with Crippen LogP contribution in [0.4, 0.5) is 0 Å². The molecule has 0 aliphatic rings. The van der Waals surface area contributed by atoms with Crippen LogP contribution in [-0.2, 0) is 11.2 Å². The average molecular weight is 243 g/mol. The van der Waals surface area contributed by atoms with Gasteiger partial charge in [-0.1, -0.05) is 24.3 Å². The second-order valence-electron chi connectivity index (χ2n) is 4.17. The zero-order valence-electron chi connectivity index (χ0n) is 10.6. The van der Waals surface area contributed by atoms with Crippen molar-refractivity contribution in [2.45, 2.75) is 19.4 Å². The lowest BCUT2D eigenvalue weighted by Gasteiger charge is -2.11. The summed E-state index contributed by atoms with van der Waals surface area (Å²) >= 11 is 0. The van der Waals surface area contributed by atoms with Crippen molar-refractivity contribution in [1.82, 2.24) is 15.5 Å². The Morgan fingerprint density at radius 1 is 1.50 bits per heavy atom. The average Bonchev–Trinajstić information content (AvgIpc) is 2.79. The van der Waals surface area contributed by atoms with Crippen LogP contribution in [0.2, 0.25) is 0 Å². The Kier molecular flexibility index (Phi) is 3.89. The number of hydrogen-bond donors (Lipinski definition) is 2. The van der Waals surface area contributed by atoms with Crippen molar-refractivity contribution < 1.29 is 4.79 Å². The zero-order chi connectivity index (χ0) is 13.0. The number of likely N-dealkylation sites (N-methyl/N-ethyl adjacent to an activating group) is 1. The van der Waals surface area contributed by atoms with Gasteiger partial charge in [0.05, 0.1) is 11.6 Å². The van der Waals surface area contributed by atoms with Gasteiger partial charge in [0.15, 0.2) is 5.78 Å². The summed E-state index contributed by atoms with van der Waals surface area (Å²) in [5.41, 5.74) is 1.92. The van der Waals surface area contributed by atoms with Gasteiger partial charge in [-0.2, -0.15) is 5.10 Å². The minimum absolute atomic E-state index is 0.0821. The number of H-pyrrole nitrogens is 1. The molecule has 1 atom stereocenters. The van der Waals surface area contributed by atoms with Crippen LogP contribution in [0.25, 0.3) is 10.9 Å². The number of carbonyl (C=O) groups is 1. The molecule has 4 heteroatoms. The van der Waals surface area contributed by atoms with Crippen molar-refractivity contribution in [2.75, 3.05) is 7.05 Å². The summed E-state index contributed by atoms with van der Waals surface area (Å²) in [6, 6.07) is 7.68. The number of nitrogens with zero attached hydrogens (tertiary/aromatic N) is 1. The molecule has 18 heavy (non-hydrogen) atoms. The molecule has 1 aromatic carbocycles. The molecule has 1 aromatic heterocycles. The highest BCUT2D eigenvalue weighted by Crippen LogP contribution is 2.16. The molecule has 0 unspecified atom stereocenters. The summed E-state index contributed by atoms with van der Waals surface area (Å²) in [5, 5.41) is 11.4. The zero-order valence-corrected chi connectivity index (χ0v) is 10.6. The molecule has 0 bridgehead atoms. The van der Waals surface area contributed by atoms with E-state index >= 15 is 0 Å². The second kappa shape index (κ2) is 5.60. The Bertz CT molecular complexity index is 571. The quantitative estimate of drug-likeness (QED) is 0.788. The molecule has 2 rings (SSSR count). The molecular weight excluding hydrogens is 226 g/mol. The first kappa shape index (κ1) is 12.5. The van der Waals surface area contributed by atoms with Crippen molar-refractivity contribution in [1.29, 1.82) is 0 Å². The number of rotatable bonds is 5. The van der Waals surface area contributed by atoms with E-state index in [1.165, 1.54) is 0 Å². The van der Waals surface area contributed by atoms with Crippen LogP contribution in [0.3, 0.4) is 0 Å². The number of nitrogens with one attached hydrogen (secondary N) is 2. The summed E-state index contributed by atoms with van der Waals surface area (Å²) in [4.78, 5) is 11.9. The highest BCUT2D eigenvalue weighted by atomic mass is 16.1. The highest BCUT2D eigenvalue weighted by molar-refractivity contribution is 5.94. The van der Waals surface area contributed by atoms with Crippen molar-refractivity contribution in [3.05, 3.63) is 42.1 Å². The molecule has 0 radical (unpaired) electrons. The first-order chi connectivity index (χ1) is 8.76. The van der Waals surface area contributed by atoms with Gasteiger partial charge >= 0.3 is 0 Å². The van der Waals surface area contributed by atoms with Gasteiger partial charge in [0.1, 0.15) is 0 Å². The maximum Gasteiger partial charge on any atom is 0.172 e. The van der Waals surface area contributed by atoms with Gasteiger partial charge in [-0.3, -0.25) is 9.89 Å². The van der Waals surface area contributed by atoms with Crippen LogP contribution in [0, 0.1) is 0 Å². The van der Waals surface area contributed by atoms with Crippen molar-refractivity contribution in [3.8, 4) is 0 Å². The first-order valence-electron chi connectivity index (χ1n) is 6.02. The number of hydrogen-bond acceptors (Lipinski definition) is 3. The van der Waals surface area contributed by atoms with Gasteiger partial charge in [0.25, 0.3) is 0 Å². The smallest absolute Gasteiger partial charge is 0.172 e. The number of para-hydroxylation sites is 1. The van der Waals surface area contributed by atoms with Crippen molar-refractivity contribution >= 4 is 16.7 Å². The summed E-state index contributed by atoms with van der Waals surface area (Å²) in [5.74, 6) is 0.0821. The van der Waals surface area contributed by atoms with E-state index in [-0.39, 0.29) is 11.8 Å². The van der Waals surface area contributed by atoms with Crippen LogP contribution < -0.4 is 5.32 Å². The second-order valence-corrected chi connectivity index (χ2v) is 4.17. The van der Waals surface area contributed by atoms with Gasteiger partial charge in [-0.05, 0) is 26.1 Å². The fraction of sp³-hybridized carbons (Fsp3) is 0.286. The third-order valence-electron chi connectivity index (χ3n) is 2.97. The molecule has 0 saturated carbocycles. The van der Waals surface area contributed by atoms with E-state index in [4.69, 9.17) is 0 Å². The standard InChI is InChI=1S/C14H17N3O/c1-3-6-14(18)13(15-2)9-12-10-7-4-5-8-11(10)16-17-12/h3-8,13,15H,9H2,1-2H3,(H,16,17)/b6-3-/t13-/m0/s1. The molecule has 2 aromatic rings. The van der Waals surface area contributed by atoms with Gasteiger partial charge < -0.3 is 5.32 Å². The molecule has 0 amide bonds. The monoisotopic (exact) mass is 243 g/mol. The lowest BCUT2D eigenvalue weighted by atomic mass is 10.0. The Morgan fingerprint density at radius 3 is 3.00 bits per heavy atom. The lowest BCUT2D eigenvalue weighted by molar-refractivity contribution is -0.116. The van der Waals surface area contributed by atoms with Crippen LogP contribution in [0.15, 0.2) is 36.4 Å². The van der Waals surface area contributed by atoms with Crippen molar-refractivity contribution in [2.24, 2.45) is 0 Å². The Morgan fingerprint density at radius 2 is 2.28 bits per heavy atom. The SMILES string of the molecule is C/C=C\C(=O)[C@H](Cc1[nH]nc2ccccc12)NC. The Balaban J connectivity index is 2.24.